The monoisotopic (exact) mass is 1300 g/mol. The number of esters is 1. The Morgan fingerprint density at radius 1 is 0.884 bits per heavy atom. The van der Waals surface area contributed by atoms with E-state index in [1.165, 1.54) is 27.0 Å². The van der Waals surface area contributed by atoms with E-state index in [-0.39, 0.29) is 48.3 Å². The maximum atomic E-state index is 14.2. The molecule has 86 heavy (non-hydrogen) atoms. The number of aliphatic hydroxyl groups is 5. The summed E-state index contributed by atoms with van der Waals surface area (Å²) >= 11 is 6.04. The number of aliphatic hydroxyl groups excluding tert-OH is 3. The fourth-order valence-corrected chi connectivity index (χ4v) is 11.6. The van der Waals surface area contributed by atoms with Crippen LogP contribution in [-0.2, 0) is 42.3 Å². The number of cyclic esters (lactones) is 1. The summed E-state index contributed by atoms with van der Waals surface area (Å²) in [5.74, 6) is -2.58. The molecule has 0 saturated carbocycles. The minimum atomic E-state index is -4.64. The van der Waals surface area contributed by atoms with Crippen LogP contribution in [0.1, 0.15) is 129 Å². The maximum absolute atomic E-state index is 14.2. The molecule has 1 unspecified atom stereocenters. The van der Waals surface area contributed by atoms with Crippen LogP contribution in [0.3, 0.4) is 0 Å². The number of phosphoric acid groups is 2. The second-order valence-electron chi connectivity index (χ2n) is 23.9. The number of hydrogen-bond acceptors (Lipinski definition) is 19. The molecule has 16 N–H and O–H groups in total. The molecule has 0 amide bonds. The molecule has 3 aliphatic rings. The minimum absolute atomic E-state index is 0. The smallest absolute Gasteiger partial charge is 0.459 e. The van der Waals surface area contributed by atoms with Gasteiger partial charge in [0.25, 0.3) is 0 Å². The van der Waals surface area contributed by atoms with Crippen LogP contribution in [-0.4, -0.2) is 242 Å². The molecule has 2 aromatic rings. The van der Waals surface area contributed by atoms with Gasteiger partial charge in [0.05, 0.1) is 47.1 Å². The van der Waals surface area contributed by atoms with Crippen molar-refractivity contribution in [3.63, 3.8) is 0 Å². The number of fused-ring (bicyclic) bond motifs is 1. The van der Waals surface area contributed by atoms with Gasteiger partial charge in [0.1, 0.15) is 30.0 Å². The fraction of sp³-hybridized carbons (Fsp3) is 0.821. The van der Waals surface area contributed by atoms with Gasteiger partial charge in [-0.05, 0) is 158 Å². The van der Waals surface area contributed by atoms with Gasteiger partial charge in [-0.3, -0.25) is 9.78 Å². The number of rotatable bonds is 15. The van der Waals surface area contributed by atoms with Crippen molar-refractivity contribution in [2.45, 2.75) is 225 Å². The average molecular weight is 1300 g/mol. The van der Waals surface area contributed by atoms with Crippen molar-refractivity contribution in [2.24, 2.45) is 17.8 Å². The number of benzene rings is 1. The summed E-state index contributed by atoms with van der Waals surface area (Å²) in [6.07, 6.45) is -3.98. The predicted octanol–water partition coefficient (Wildman–Crippen LogP) is 3.20. The van der Waals surface area contributed by atoms with Gasteiger partial charge >= 0.3 is 21.6 Å². The number of nitrogens with one attached hydrogen (secondary N) is 1. The van der Waals surface area contributed by atoms with Gasteiger partial charge in [-0.15, -0.1) is 0 Å². The SMILES string of the molecule is CCN(CC)CCCC(C)Nc1ccnc2cc(Cl)ccc12.CC[C@H]1OC(=O)[C@H](C)[C@@H](O[C@H]2C[C@@](C)(OC)[C@@H](O)[C@H](C)O2)[C@H](C)[C@@H](O[C@@H]2O[C@H](C)C[C@H](N(C)C)[C@H]2O)[C@](C)(O)C[C@@H](C)CN(C)[C@H](C)[C@@H](O)[C@]1(C)O.O.O.O=P(O)(O)O.O=P(O)(O)O. The lowest BCUT2D eigenvalue weighted by Gasteiger charge is -2.48. The molecule has 3 saturated heterocycles. The second-order valence-corrected chi connectivity index (χ2v) is 26.4. The molecule has 0 radical (unpaired) electrons. The zero-order valence-electron chi connectivity index (χ0n) is 53.4. The number of ether oxygens (including phenoxy) is 6. The van der Waals surface area contributed by atoms with Crippen LogP contribution in [0.4, 0.5) is 5.69 Å². The lowest BCUT2D eigenvalue weighted by Crippen LogP contribution is -2.60. The van der Waals surface area contributed by atoms with Gasteiger partial charge in [0.2, 0.25) is 0 Å². The Morgan fingerprint density at radius 2 is 1.45 bits per heavy atom. The summed E-state index contributed by atoms with van der Waals surface area (Å²) < 4.78 is 55.3. The summed E-state index contributed by atoms with van der Waals surface area (Å²) in [4.78, 5) is 68.0. The molecular formula is C56H108ClN5O22P2. The number of likely N-dealkylation sites (N-methyl/N-ethyl adjacent to an activating group) is 2. The molecule has 5 rings (SSSR count). The third-order valence-electron chi connectivity index (χ3n) is 16.3. The van der Waals surface area contributed by atoms with Crippen molar-refractivity contribution >= 4 is 49.8 Å². The first kappa shape index (κ1) is 83.8. The van der Waals surface area contributed by atoms with Gasteiger partial charge in [0, 0.05) is 66.4 Å². The molecule has 3 aliphatic heterocycles. The lowest BCUT2D eigenvalue weighted by atomic mass is 9.77. The molecule has 0 aliphatic carbocycles. The van der Waals surface area contributed by atoms with Crippen molar-refractivity contribution in [1.82, 2.24) is 19.7 Å². The Hall–Kier alpha value is -2.19. The van der Waals surface area contributed by atoms with Crippen molar-refractivity contribution in [2.75, 3.05) is 59.7 Å². The third kappa shape index (κ3) is 26.6. The third-order valence-corrected chi connectivity index (χ3v) is 16.6. The Bertz CT molecular complexity index is 2340. The summed E-state index contributed by atoms with van der Waals surface area (Å²) in [6.45, 7) is 28.2. The van der Waals surface area contributed by atoms with Crippen molar-refractivity contribution < 1.29 is 108 Å². The largest absolute Gasteiger partial charge is 0.466 e. The van der Waals surface area contributed by atoms with Gasteiger partial charge in [-0.25, -0.2) is 9.13 Å². The van der Waals surface area contributed by atoms with E-state index >= 15 is 0 Å². The summed E-state index contributed by atoms with van der Waals surface area (Å²) in [7, 11) is -2.16. The molecule has 4 heterocycles. The van der Waals surface area contributed by atoms with E-state index in [2.05, 4.69) is 36.0 Å². The number of aromatic nitrogens is 1. The Kier molecular flexibility index (Phi) is 35.8. The van der Waals surface area contributed by atoms with E-state index in [4.69, 9.17) is 78.5 Å². The zero-order valence-corrected chi connectivity index (χ0v) is 55.9. The summed E-state index contributed by atoms with van der Waals surface area (Å²) in [5.41, 5.74) is -2.30. The van der Waals surface area contributed by atoms with E-state index in [1.807, 2.05) is 82.2 Å². The highest BCUT2D eigenvalue weighted by Crippen LogP contribution is 2.40. The minimum Gasteiger partial charge on any atom is -0.459 e. The van der Waals surface area contributed by atoms with Crippen molar-refractivity contribution in [3.8, 4) is 0 Å². The fourth-order valence-electron chi connectivity index (χ4n) is 11.5. The topological polar surface area (TPSA) is 427 Å². The van der Waals surface area contributed by atoms with Crippen LogP contribution in [0.15, 0.2) is 30.5 Å². The number of carbonyl (C=O) groups is 1. The predicted molar refractivity (Wildman–Crippen MR) is 327 cm³/mol. The number of halogens is 1. The number of nitrogens with zero attached hydrogens (tertiary/aromatic N) is 4. The maximum Gasteiger partial charge on any atom is 0.466 e. The van der Waals surface area contributed by atoms with Crippen LogP contribution in [0, 0.1) is 17.8 Å². The Morgan fingerprint density at radius 3 is 1.98 bits per heavy atom. The lowest BCUT2D eigenvalue weighted by molar-refractivity contribution is -0.318. The zero-order chi connectivity index (χ0) is 64.6. The molecule has 19 atom stereocenters. The van der Waals surface area contributed by atoms with E-state index in [0.29, 0.717) is 19.0 Å². The Labute approximate surface area is 513 Å². The van der Waals surface area contributed by atoms with E-state index in [0.717, 1.165) is 41.1 Å². The van der Waals surface area contributed by atoms with Crippen LogP contribution in [0.5, 0.6) is 0 Å². The molecule has 30 heteroatoms. The molecule has 0 spiro atoms. The quantitative estimate of drug-likeness (QED) is 0.0899. The van der Waals surface area contributed by atoms with Crippen LogP contribution in [0.25, 0.3) is 10.9 Å². The summed E-state index contributed by atoms with van der Waals surface area (Å²) in [5, 5.41) is 63.6. The molecule has 0 bridgehead atoms. The van der Waals surface area contributed by atoms with Gasteiger partial charge in [-0.2, -0.15) is 0 Å². The number of methoxy groups -OCH3 is 1. The molecule has 1 aromatic heterocycles. The first-order valence-corrected chi connectivity index (χ1v) is 32.4. The molecule has 3 fully saturated rings. The first-order valence-electron chi connectivity index (χ1n) is 28.9. The number of anilines is 1. The van der Waals surface area contributed by atoms with E-state index < -0.39 is 112 Å². The van der Waals surface area contributed by atoms with E-state index in [1.54, 1.807) is 41.5 Å². The van der Waals surface area contributed by atoms with E-state index in [9.17, 15) is 30.3 Å². The molecular weight excluding hydrogens is 1190 g/mol. The van der Waals surface area contributed by atoms with Crippen molar-refractivity contribution in [3.05, 3.63) is 35.5 Å². The molecule has 1 aromatic carbocycles. The first-order chi connectivity index (χ1) is 38.5. The van der Waals surface area contributed by atoms with Crippen LogP contribution in [0.2, 0.25) is 5.02 Å². The number of hydrogen-bond donors (Lipinski definition) is 12. The highest BCUT2D eigenvalue weighted by molar-refractivity contribution is 7.45. The van der Waals surface area contributed by atoms with Crippen LogP contribution >= 0.6 is 27.2 Å². The second kappa shape index (κ2) is 36.7. The number of carbonyl (C=O) groups excluding carboxylic acids is 1. The highest BCUT2D eigenvalue weighted by Gasteiger charge is 2.53. The van der Waals surface area contributed by atoms with Crippen molar-refractivity contribution in [1.29, 1.82) is 0 Å². The standard InChI is InChI=1S/C38H72N2O12.C18H26ClN3.2H3O4P.2H2O/c1-15-27-38(10,46)31(42)24(6)40(13)19-20(2)17-36(8,45)33(52-35-29(41)26(39(11)12)16-21(3)48-35)22(4)30(23(5)34(44)50-27)51-28-18-37(9,47-14)32(43)25(7)49-28;1-4-22(5-2)12-6-7-14(3)21-17-10-11-20-18-13-15(19)8-9-16(17)18;2*1-5(2,3)4;;/h20-33,35,41-43,45-46H,15-19H2,1-14H3;8-11,13-14H,4-7,12H2,1-3H3,(H,20,21);2*(H3,1,2,3,4);2*1H2/t20-,21-,22+,23-,24-,25+,26+,27-,28+,29-,30+,31-,32+,33-,35+,36-,37-,38-;;;;;/m1...../s1. The Balaban J connectivity index is 0.00000174. The average Bonchev–Trinajstić information content (AvgIpc) is 1.49. The van der Waals surface area contributed by atoms with Crippen LogP contribution < -0.4 is 5.32 Å². The van der Waals surface area contributed by atoms with Gasteiger partial charge < -0.3 is 114 Å². The van der Waals surface area contributed by atoms with Gasteiger partial charge in [-0.1, -0.05) is 46.2 Å². The number of pyridine rings is 1. The normalized spacial score (nSPS) is 34.6. The summed E-state index contributed by atoms with van der Waals surface area (Å²) in [6, 6.07) is 7.54. The highest BCUT2D eigenvalue weighted by atomic mass is 35.5. The van der Waals surface area contributed by atoms with Gasteiger partial charge in [0.15, 0.2) is 12.6 Å². The molecule has 506 valence electrons. The molecule has 27 nitrogen and oxygen atoms in total.